The van der Waals surface area contributed by atoms with Gasteiger partial charge in [0.2, 0.25) is 0 Å². The molecule has 0 radical (unpaired) electrons. The van der Waals surface area contributed by atoms with Crippen LogP contribution in [-0.2, 0) is 10.0 Å². The first-order chi connectivity index (χ1) is 6.67. The Kier molecular flexibility index (Phi) is 5.08. The lowest BCUT2D eigenvalue weighted by Crippen LogP contribution is -2.43. The number of halogens is 2. The Bertz CT molecular complexity index is 291. The molecule has 0 bridgehead atoms. The number of nitrogens with zero attached hydrogens (tertiary/aromatic N) is 1. The molecular formula is C8H18F2N2O2S. The van der Waals surface area contributed by atoms with Crippen molar-refractivity contribution in [3.8, 4) is 0 Å². The number of alkyl halides is 2. The molecule has 0 saturated carbocycles. The summed E-state index contributed by atoms with van der Waals surface area (Å²) < 4.78 is 47.7. The molecule has 0 amide bonds. The normalized spacial score (nSPS) is 13.9. The van der Waals surface area contributed by atoms with Crippen LogP contribution in [0, 0.1) is 5.41 Å². The highest BCUT2D eigenvalue weighted by Gasteiger charge is 2.34. The van der Waals surface area contributed by atoms with Gasteiger partial charge in [0, 0.05) is 13.1 Å². The van der Waals surface area contributed by atoms with E-state index in [1.807, 2.05) is 0 Å². The maximum atomic E-state index is 12.3. The van der Waals surface area contributed by atoms with E-state index in [2.05, 4.69) is 0 Å². The molecule has 92 valence electrons. The van der Waals surface area contributed by atoms with Crippen molar-refractivity contribution in [1.29, 1.82) is 0 Å². The van der Waals surface area contributed by atoms with E-state index in [1.165, 1.54) is 6.92 Å². The average molecular weight is 244 g/mol. The van der Waals surface area contributed by atoms with Crippen LogP contribution < -0.4 is 5.73 Å². The molecule has 0 aliphatic carbocycles. The van der Waals surface area contributed by atoms with Gasteiger partial charge in [-0.3, -0.25) is 0 Å². The minimum absolute atomic E-state index is 0.00662. The van der Waals surface area contributed by atoms with Crippen molar-refractivity contribution in [3.63, 3.8) is 0 Å². The summed E-state index contributed by atoms with van der Waals surface area (Å²) in [5.74, 6) is -3.37. The monoisotopic (exact) mass is 244 g/mol. The van der Waals surface area contributed by atoms with Crippen LogP contribution in [0.1, 0.15) is 20.8 Å². The molecule has 0 atom stereocenters. The highest BCUT2D eigenvalue weighted by molar-refractivity contribution is 7.89. The van der Waals surface area contributed by atoms with Gasteiger partial charge in [0.15, 0.2) is 0 Å². The first-order valence-corrected chi connectivity index (χ1v) is 6.15. The van der Waals surface area contributed by atoms with Crippen LogP contribution in [0.5, 0.6) is 0 Å². The third-order valence-corrected chi connectivity index (χ3v) is 3.65. The van der Waals surface area contributed by atoms with Gasteiger partial charge in [-0.2, -0.15) is 13.1 Å². The summed E-state index contributed by atoms with van der Waals surface area (Å²) in [6, 6.07) is 0. The number of nitrogens with two attached hydrogens (primary N) is 1. The zero-order valence-corrected chi connectivity index (χ0v) is 10.0. The van der Waals surface area contributed by atoms with Crippen molar-refractivity contribution in [2.24, 2.45) is 11.1 Å². The minimum Gasteiger partial charge on any atom is -0.330 e. The lowest BCUT2D eigenvalue weighted by Gasteiger charge is -2.29. The number of rotatable bonds is 6. The van der Waals surface area contributed by atoms with Crippen LogP contribution in [0.4, 0.5) is 8.78 Å². The maximum absolute atomic E-state index is 12.3. The zero-order valence-electron chi connectivity index (χ0n) is 9.20. The molecule has 0 aromatic rings. The second-order valence-electron chi connectivity index (χ2n) is 4.10. The van der Waals surface area contributed by atoms with Crippen LogP contribution in [-0.4, -0.2) is 38.1 Å². The van der Waals surface area contributed by atoms with E-state index in [-0.39, 0.29) is 19.6 Å². The predicted octanol–water partition coefficient (Wildman–Crippen LogP) is 0.846. The lowest BCUT2D eigenvalue weighted by molar-refractivity contribution is 0.205. The van der Waals surface area contributed by atoms with Crippen molar-refractivity contribution < 1.29 is 17.2 Å². The molecule has 15 heavy (non-hydrogen) atoms. The summed E-state index contributed by atoms with van der Waals surface area (Å²) in [5.41, 5.74) is 4.92. The van der Waals surface area contributed by atoms with Crippen LogP contribution in [0.3, 0.4) is 0 Å². The van der Waals surface area contributed by atoms with Gasteiger partial charge in [0.1, 0.15) is 0 Å². The molecule has 7 heteroatoms. The molecule has 0 fully saturated rings. The van der Waals surface area contributed by atoms with Gasteiger partial charge in [-0.1, -0.05) is 20.8 Å². The molecule has 0 aromatic carbocycles. The predicted molar refractivity (Wildman–Crippen MR) is 55.0 cm³/mol. The van der Waals surface area contributed by atoms with Gasteiger partial charge in [-0.05, 0) is 12.0 Å². The highest BCUT2D eigenvalue weighted by Crippen LogP contribution is 2.20. The topological polar surface area (TPSA) is 63.4 Å². The second-order valence-corrected chi connectivity index (χ2v) is 6.00. The minimum atomic E-state index is -4.49. The molecular weight excluding hydrogens is 226 g/mol. The summed E-state index contributed by atoms with van der Waals surface area (Å²) in [7, 11) is -4.49. The van der Waals surface area contributed by atoms with E-state index < -0.39 is 21.2 Å². The van der Waals surface area contributed by atoms with Gasteiger partial charge >= 0.3 is 5.76 Å². The van der Waals surface area contributed by atoms with Crippen molar-refractivity contribution in [1.82, 2.24) is 4.31 Å². The Labute approximate surface area is 89.5 Å². The summed E-state index contributed by atoms with van der Waals surface area (Å²) in [6.45, 7) is 5.25. The molecule has 0 aromatic heterocycles. The Morgan fingerprint density at radius 2 is 1.87 bits per heavy atom. The van der Waals surface area contributed by atoms with Crippen molar-refractivity contribution in [3.05, 3.63) is 0 Å². The molecule has 0 unspecified atom stereocenters. The molecule has 0 aliphatic heterocycles. The van der Waals surface area contributed by atoms with Crippen LogP contribution >= 0.6 is 0 Å². The van der Waals surface area contributed by atoms with E-state index in [0.717, 1.165) is 4.31 Å². The third-order valence-electron chi connectivity index (χ3n) is 2.09. The van der Waals surface area contributed by atoms with Crippen LogP contribution in [0.15, 0.2) is 0 Å². The van der Waals surface area contributed by atoms with Gasteiger partial charge in [-0.25, -0.2) is 8.42 Å². The maximum Gasteiger partial charge on any atom is 0.350 e. The van der Waals surface area contributed by atoms with E-state index >= 15 is 0 Å². The van der Waals surface area contributed by atoms with Crippen LogP contribution in [0.25, 0.3) is 0 Å². The van der Waals surface area contributed by atoms with Gasteiger partial charge < -0.3 is 5.73 Å². The molecule has 2 N–H and O–H groups in total. The summed E-state index contributed by atoms with van der Waals surface area (Å²) in [6.07, 6.45) is 0. The van der Waals surface area contributed by atoms with Gasteiger partial charge in [-0.15, -0.1) is 0 Å². The second kappa shape index (κ2) is 5.18. The van der Waals surface area contributed by atoms with Gasteiger partial charge in [0.25, 0.3) is 10.0 Å². The highest BCUT2D eigenvalue weighted by atomic mass is 32.2. The van der Waals surface area contributed by atoms with Crippen molar-refractivity contribution in [2.45, 2.75) is 26.5 Å². The summed E-state index contributed by atoms with van der Waals surface area (Å²) >= 11 is 0. The molecule has 0 aliphatic rings. The summed E-state index contributed by atoms with van der Waals surface area (Å²) in [4.78, 5) is 0. The fourth-order valence-electron chi connectivity index (χ4n) is 1.04. The molecule has 0 saturated heterocycles. The van der Waals surface area contributed by atoms with E-state index in [0.29, 0.717) is 0 Å². The quantitative estimate of drug-likeness (QED) is 0.753. The Morgan fingerprint density at radius 1 is 1.40 bits per heavy atom. The fourth-order valence-corrected chi connectivity index (χ4v) is 2.15. The summed E-state index contributed by atoms with van der Waals surface area (Å²) in [5, 5.41) is 0. The van der Waals surface area contributed by atoms with E-state index in [1.54, 1.807) is 13.8 Å². The molecule has 0 rings (SSSR count). The average Bonchev–Trinajstić information content (AvgIpc) is 2.13. The standard InChI is InChI=1S/C8H18F2N2O2S/c1-4-12(6-8(2,3)5-11)15(13,14)7(9)10/h7H,4-6,11H2,1-3H3. The fraction of sp³-hybridized carbons (Fsp3) is 1.00. The van der Waals surface area contributed by atoms with Crippen LogP contribution in [0.2, 0.25) is 0 Å². The van der Waals surface area contributed by atoms with E-state index in [4.69, 9.17) is 5.73 Å². The van der Waals surface area contributed by atoms with Crippen molar-refractivity contribution >= 4 is 10.0 Å². The molecule has 4 nitrogen and oxygen atoms in total. The SMILES string of the molecule is CCN(CC(C)(C)CN)S(=O)(=O)C(F)F. The molecule has 0 heterocycles. The zero-order chi connectivity index (χ0) is 12.3. The Morgan fingerprint density at radius 3 is 2.13 bits per heavy atom. The smallest absolute Gasteiger partial charge is 0.330 e. The first kappa shape index (κ1) is 14.7. The number of hydrogen-bond acceptors (Lipinski definition) is 3. The third kappa shape index (κ3) is 4.00. The van der Waals surface area contributed by atoms with Crippen molar-refractivity contribution in [2.75, 3.05) is 19.6 Å². The Balaban J connectivity index is 4.81. The number of hydrogen-bond donors (Lipinski definition) is 1. The lowest BCUT2D eigenvalue weighted by atomic mass is 9.94. The first-order valence-electron chi connectivity index (χ1n) is 4.64. The largest absolute Gasteiger partial charge is 0.350 e. The Hall–Kier alpha value is -0.270. The van der Waals surface area contributed by atoms with E-state index in [9.17, 15) is 17.2 Å². The molecule has 0 spiro atoms. The van der Waals surface area contributed by atoms with Gasteiger partial charge in [0.05, 0.1) is 0 Å². The number of sulfonamides is 1.